The van der Waals surface area contributed by atoms with E-state index in [1.807, 2.05) is 0 Å². The van der Waals surface area contributed by atoms with Crippen molar-refractivity contribution in [2.24, 2.45) is 5.41 Å². The summed E-state index contributed by atoms with van der Waals surface area (Å²) in [5.74, 6) is 0. The molecule has 6 nitrogen and oxygen atoms in total. The number of methoxy groups -OCH3 is 3. The molecule has 0 aliphatic heterocycles. The first kappa shape index (κ1) is 19.8. The summed E-state index contributed by atoms with van der Waals surface area (Å²) in [4.78, 5) is 0. The molecule has 0 atom stereocenters. The van der Waals surface area contributed by atoms with E-state index in [4.69, 9.17) is 28.4 Å². The monoisotopic (exact) mass is 294 g/mol. The molecular formula is C14H30O6. The summed E-state index contributed by atoms with van der Waals surface area (Å²) >= 11 is 0. The van der Waals surface area contributed by atoms with Crippen LogP contribution in [-0.2, 0) is 28.4 Å². The highest BCUT2D eigenvalue weighted by Crippen LogP contribution is 2.18. The zero-order valence-corrected chi connectivity index (χ0v) is 13.3. The molecule has 0 saturated heterocycles. The quantitative estimate of drug-likeness (QED) is 0.420. The van der Waals surface area contributed by atoms with Crippen LogP contribution in [0.1, 0.15) is 6.92 Å². The van der Waals surface area contributed by atoms with Crippen molar-refractivity contribution in [1.29, 1.82) is 0 Å². The van der Waals surface area contributed by atoms with Crippen LogP contribution >= 0.6 is 0 Å². The van der Waals surface area contributed by atoms with Gasteiger partial charge < -0.3 is 28.4 Å². The van der Waals surface area contributed by atoms with Crippen molar-refractivity contribution < 1.29 is 28.4 Å². The lowest BCUT2D eigenvalue weighted by Gasteiger charge is -2.29. The Morgan fingerprint density at radius 1 is 0.550 bits per heavy atom. The number of hydrogen-bond donors (Lipinski definition) is 0. The maximum Gasteiger partial charge on any atom is 0.0700 e. The van der Waals surface area contributed by atoms with Gasteiger partial charge in [-0.2, -0.15) is 0 Å². The lowest BCUT2D eigenvalue weighted by Crippen LogP contribution is -2.35. The van der Waals surface area contributed by atoms with Gasteiger partial charge in [-0.15, -0.1) is 0 Å². The summed E-state index contributed by atoms with van der Waals surface area (Å²) in [7, 11) is 4.97. The van der Waals surface area contributed by atoms with Crippen molar-refractivity contribution in [2.75, 3.05) is 80.8 Å². The fourth-order valence-electron chi connectivity index (χ4n) is 1.51. The highest BCUT2D eigenvalue weighted by Gasteiger charge is 2.25. The topological polar surface area (TPSA) is 55.4 Å². The molecule has 0 saturated carbocycles. The predicted octanol–water partition coefficient (Wildman–Crippen LogP) is 0.982. The molecule has 0 fully saturated rings. The van der Waals surface area contributed by atoms with E-state index < -0.39 is 0 Å². The lowest BCUT2D eigenvalue weighted by atomic mass is 9.94. The third-order valence-electron chi connectivity index (χ3n) is 2.65. The van der Waals surface area contributed by atoms with Crippen LogP contribution in [0.15, 0.2) is 0 Å². The first-order valence-corrected chi connectivity index (χ1v) is 6.88. The summed E-state index contributed by atoms with van der Waals surface area (Å²) in [5, 5.41) is 0. The molecule has 122 valence electrons. The molecule has 6 heteroatoms. The van der Waals surface area contributed by atoms with Crippen molar-refractivity contribution in [3.63, 3.8) is 0 Å². The van der Waals surface area contributed by atoms with Gasteiger partial charge in [0.05, 0.1) is 59.5 Å². The van der Waals surface area contributed by atoms with Crippen LogP contribution in [0.4, 0.5) is 0 Å². The van der Waals surface area contributed by atoms with E-state index in [0.717, 1.165) is 0 Å². The van der Waals surface area contributed by atoms with Gasteiger partial charge in [-0.05, 0) is 0 Å². The molecule has 0 aliphatic carbocycles. The maximum atomic E-state index is 5.61. The van der Waals surface area contributed by atoms with E-state index in [0.29, 0.717) is 59.5 Å². The minimum atomic E-state index is -0.185. The molecule has 0 radical (unpaired) electrons. The van der Waals surface area contributed by atoms with E-state index in [9.17, 15) is 0 Å². The zero-order chi connectivity index (χ0) is 15.1. The Balaban J connectivity index is 3.98. The van der Waals surface area contributed by atoms with Gasteiger partial charge in [-0.3, -0.25) is 0 Å². The van der Waals surface area contributed by atoms with Gasteiger partial charge in [0.2, 0.25) is 0 Å². The van der Waals surface area contributed by atoms with Crippen molar-refractivity contribution in [3.8, 4) is 0 Å². The molecule has 0 amide bonds. The second kappa shape index (κ2) is 13.7. The largest absolute Gasteiger partial charge is 0.382 e. The third-order valence-corrected chi connectivity index (χ3v) is 2.65. The highest BCUT2D eigenvalue weighted by molar-refractivity contribution is 4.73. The van der Waals surface area contributed by atoms with Gasteiger partial charge >= 0.3 is 0 Å². The predicted molar refractivity (Wildman–Crippen MR) is 76.2 cm³/mol. The molecule has 0 unspecified atom stereocenters. The molecule has 20 heavy (non-hydrogen) atoms. The zero-order valence-electron chi connectivity index (χ0n) is 13.3. The number of rotatable bonds is 15. The van der Waals surface area contributed by atoms with Crippen LogP contribution in [0.5, 0.6) is 0 Å². The number of ether oxygens (including phenoxy) is 6. The first-order chi connectivity index (χ1) is 9.68. The van der Waals surface area contributed by atoms with Gasteiger partial charge in [0, 0.05) is 26.7 Å². The summed E-state index contributed by atoms with van der Waals surface area (Å²) in [6, 6.07) is 0. The Kier molecular flexibility index (Phi) is 13.6. The van der Waals surface area contributed by atoms with E-state index >= 15 is 0 Å². The Bertz CT molecular complexity index is 169. The van der Waals surface area contributed by atoms with Gasteiger partial charge in [0.25, 0.3) is 0 Å². The Morgan fingerprint density at radius 2 is 0.850 bits per heavy atom. The van der Waals surface area contributed by atoms with E-state index in [-0.39, 0.29) is 5.41 Å². The van der Waals surface area contributed by atoms with Crippen molar-refractivity contribution in [3.05, 3.63) is 0 Å². The Hall–Kier alpha value is -0.240. The molecule has 0 aromatic carbocycles. The maximum absolute atomic E-state index is 5.61. The van der Waals surface area contributed by atoms with Gasteiger partial charge in [-0.25, -0.2) is 0 Å². The van der Waals surface area contributed by atoms with Gasteiger partial charge in [-0.1, -0.05) is 6.92 Å². The summed E-state index contributed by atoms with van der Waals surface area (Å²) in [6.45, 7) is 7.26. The minimum Gasteiger partial charge on any atom is -0.382 e. The van der Waals surface area contributed by atoms with Crippen LogP contribution in [0.25, 0.3) is 0 Å². The summed E-state index contributed by atoms with van der Waals surface area (Å²) < 4.78 is 31.7. The molecule has 0 aliphatic rings. The fraction of sp³-hybridized carbons (Fsp3) is 1.00. The van der Waals surface area contributed by atoms with Crippen LogP contribution < -0.4 is 0 Å². The smallest absolute Gasteiger partial charge is 0.0700 e. The molecule has 0 N–H and O–H groups in total. The molecule has 0 spiro atoms. The molecule has 0 aromatic rings. The molecule has 0 heterocycles. The van der Waals surface area contributed by atoms with Crippen LogP contribution in [0.3, 0.4) is 0 Å². The normalized spacial score (nSPS) is 12.0. The van der Waals surface area contributed by atoms with E-state index in [1.165, 1.54) is 0 Å². The SMILES string of the molecule is COCCOCC(C)(COCCOC)COCCOC. The standard InChI is InChI=1S/C14H30O6/c1-14(11-18-8-5-15-2,12-19-9-6-16-3)13-20-10-7-17-4/h5-13H2,1-4H3. The number of hydrogen-bond acceptors (Lipinski definition) is 6. The summed E-state index contributed by atoms with van der Waals surface area (Å²) in [6.07, 6.45) is 0. The van der Waals surface area contributed by atoms with E-state index in [1.54, 1.807) is 21.3 Å². The second-order valence-corrected chi connectivity index (χ2v) is 4.95. The van der Waals surface area contributed by atoms with Crippen LogP contribution in [-0.4, -0.2) is 80.8 Å². The minimum absolute atomic E-state index is 0.185. The van der Waals surface area contributed by atoms with Crippen LogP contribution in [0, 0.1) is 5.41 Å². The summed E-state index contributed by atoms with van der Waals surface area (Å²) in [5.41, 5.74) is -0.185. The van der Waals surface area contributed by atoms with Crippen LogP contribution in [0.2, 0.25) is 0 Å². The Labute approximate surface area is 122 Å². The average molecular weight is 294 g/mol. The van der Waals surface area contributed by atoms with Gasteiger partial charge in [0.15, 0.2) is 0 Å². The highest BCUT2D eigenvalue weighted by atomic mass is 16.5. The third kappa shape index (κ3) is 11.6. The fourth-order valence-corrected chi connectivity index (χ4v) is 1.51. The average Bonchev–Trinajstić information content (AvgIpc) is 2.45. The molecular weight excluding hydrogens is 264 g/mol. The molecule has 0 rings (SSSR count). The van der Waals surface area contributed by atoms with Gasteiger partial charge in [0.1, 0.15) is 0 Å². The lowest BCUT2D eigenvalue weighted by molar-refractivity contribution is -0.0752. The second-order valence-electron chi connectivity index (χ2n) is 4.95. The molecule has 0 aromatic heterocycles. The van der Waals surface area contributed by atoms with Crippen molar-refractivity contribution in [2.45, 2.75) is 6.92 Å². The van der Waals surface area contributed by atoms with Crippen molar-refractivity contribution in [1.82, 2.24) is 0 Å². The Morgan fingerprint density at radius 3 is 1.10 bits per heavy atom. The molecule has 0 bridgehead atoms. The van der Waals surface area contributed by atoms with Crippen molar-refractivity contribution >= 4 is 0 Å². The van der Waals surface area contributed by atoms with E-state index in [2.05, 4.69) is 6.92 Å². The first-order valence-electron chi connectivity index (χ1n) is 6.88.